The highest BCUT2D eigenvalue weighted by atomic mass is 32.1. The van der Waals surface area contributed by atoms with Crippen molar-refractivity contribution in [3.05, 3.63) is 54.9 Å². The lowest BCUT2D eigenvalue weighted by Gasteiger charge is -2.38. The van der Waals surface area contributed by atoms with Gasteiger partial charge in [-0.2, -0.15) is 0 Å². The summed E-state index contributed by atoms with van der Waals surface area (Å²) in [5.41, 5.74) is 10.8. The Kier molecular flexibility index (Phi) is 3.42. The zero-order valence-corrected chi connectivity index (χ0v) is 17.4. The summed E-state index contributed by atoms with van der Waals surface area (Å²) >= 11 is 3.96. The molecule has 23 heavy (non-hydrogen) atoms. The topological polar surface area (TPSA) is 0 Å². The lowest BCUT2D eigenvalue weighted by molar-refractivity contribution is 0.991. The van der Waals surface area contributed by atoms with Crippen molar-refractivity contribution < 1.29 is 0 Å². The Balaban J connectivity index is 1.88. The quantitative estimate of drug-likeness (QED) is 0.504. The van der Waals surface area contributed by atoms with Gasteiger partial charge in [-0.05, 0) is 72.9 Å². The lowest BCUT2D eigenvalue weighted by atomic mass is 10.1. The third kappa shape index (κ3) is 1.93. The zero-order chi connectivity index (χ0) is 16.5. The van der Waals surface area contributed by atoms with Gasteiger partial charge in [-0.25, -0.2) is 0 Å². The predicted molar refractivity (Wildman–Crippen MR) is 108 cm³/mol. The fraction of sp³-hybridized carbons (Fsp3) is 0.400. The molecule has 4 rings (SSSR count). The van der Waals surface area contributed by atoms with Crippen LogP contribution < -0.4 is 0 Å². The van der Waals surface area contributed by atoms with E-state index in [0.29, 0.717) is 11.1 Å². The number of allylic oxidation sites excluding steroid dienone is 4. The summed E-state index contributed by atoms with van der Waals surface area (Å²) in [4.78, 5) is 3.29. The number of hydrogen-bond donors (Lipinski definition) is 0. The molecule has 0 aromatic carbocycles. The Bertz CT molecular complexity index is 790. The first-order valence-electron chi connectivity index (χ1n) is 8.36. The van der Waals surface area contributed by atoms with Crippen molar-refractivity contribution in [2.45, 2.75) is 51.9 Å². The summed E-state index contributed by atoms with van der Waals surface area (Å²) in [5.74, 6) is 0. The van der Waals surface area contributed by atoms with E-state index in [0.717, 1.165) is 0 Å². The Morgan fingerprint density at radius 2 is 1.13 bits per heavy atom. The highest BCUT2D eigenvalue weighted by Crippen LogP contribution is 2.57. The van der Waals surface area contributed by atoms with Gasteiger partial charge < -0.3 is 0 Å². The van der Waals surface area contributed by atoms with Gasteiger partial charge in [0.25, 0.3) is 0 Å². The SMILES string of the molecule is CC1=C(C)C([Si](C)(C)C2C(C)=C(C)c3ccsc32)c2sccc21. The van der Waals surface area contributed by atoms with Crippen LogP contribution in [0.2, 0.25) is 13.1 Å². The van der Waals surface area contributed by atoms with Gasteiger partial charge in [0.15, 0.2) is 0 Å². The summed E-state index contributed by atoms with van der Waals surface area (Å²) in [6.45, 7) is 14.7. The van der Waals surface area contributed by atoms with Gasteiger partial charge in [-0.3, -0.25) is 0 Å². The van der Waals surface area contributed by atoms with Crippen molar-refractivity contribution in [2.24, 2.45) is 0 Å². The molecule has 0 fully saturated rings. The van der Waals surface area contributed by atoms with Crippen molar-refractivity contribution in [1.82, 2.24) is 0 Å². The smallest absolute Gasteiger partial charge is 0.0743 e. The second-order valence-electron chi connectivity index (χ2n) is 7.70. The monoisotopic (exact) mass is 356 g/mol. The molecule has 2 aromatic rings. The fourth-order valence-electron chi connectivity index (χ4n) is 4.92. The Labute approximate surface area is 148 Å². The van der Waals surface area contributed by atoms with Crippen LogP contribution in [0.25, 0.3) is 11.1 Å². The summed E-state index contributed by atoms with van der Waals surface area (Å²) in [5, 5.41) is 4.58. The van der Waals surface area contributed by atoms with Crippen molar-refractivity contribution in [2.75, 3.05) is 0 Å². The fourth-order valence-corrected chi connectivity index (χ4v) is 13.8. The van der Waals surface area contributed by atoms with Crippen molar-refractivity contribution in [3.8, 4) is 0 Å². The maximum Gasteiger partial charge on any atom is 0.0743 e. The molecule has 0 aliphatic heterocycles. The molecule has 0 saturated carbocycles. The van der Waals surface area contributed by atoms with Gasteiger partial charge in [0, 0.05) is 20.8 Å². The molecule has 2 unspecified atom stereocenters. The molecule has 2 aliphatic carbocycles. The number of hydrogen-bond acceptors (Lipinski definition) is 2. The summed E-state index contributed by atoms with van der Waals surface area (Å²) < 4.78 is 0. The van der Waals surface area contributed by atoms with Crippen LogP contribution in [0.1, 0.15) is 59.7 Å². The summed E-state index contributed by atoms with van der Waals surface area (Å²) in [6.07, 6.45) is 0. The molecule has 0 nitrogen and oxygen atoms in total. The molecule has 0 bridgehead atoms. The van der Waals surface area contributed by atoms with Gasteiger partial charge in [0.2, 0.25) is 0 Å². The maximum atomic E-state index is 2.62. The molecule has 2 atom stereocenters. The minimum Gasteiger partial charge on any atom is -0.148 e. The van der Waals surface area contributed by atoms with E-state index in [1.165, 1.54) is 22.3 Å². The highest BCUT2D eigenvalue weighted by Gasteiger charge is 2.49. The average molecular weight is 357 g/mol. The van der Waals surface area contributed by atoms with Crippen LogP contribution in [0.15, 0.2) is 34.0 Å². The number of fused-ring (bicyclic) bond motifs is 2. The van der Waals surface area contributed by atoms with Crippen LogP contribution in [-0.2, 0) is 0 Å². The van der Waals surface area contributed by atoms with E-state index in [-0.39, 0.29) is 0 Å². The van der Waals surface area contributed by atoms with Crippen molar-refractivity contribution in [3.63, 3.8) is 0 Å². The molecular weight excluding hydrogens is 332 g/mol. The average Bonchev–Trinajstić information content (AvgIpc) is 3.21. The minimum atomic E-state index is -1.57. The molecule has 2 aromatic heterocycles. The van der Waals surface area contributed by atoms with Crippen molar-refractivity contribution >= 4 is 41.9 Å². The Morgan fingerprint density at radius 3 is 1.52 bits per heavy atom. The summed E-state index contributed by atoms with van der Waals surface area (Å²) in [6, 6.07) is 4.67. The number of rotatable bonds is 2. The van der Waals surface area contributed by atoms with Crippen LogP contribution in [0, 0.1) is 0 Å². The molecule has 0 saturated heterocycles. The van der Waals surface area contributed by atoms with Gasteiger partial charge in [-0.15, -0.1) is 22.7 Å². The van der Waals surface area contributed by atoms with E-state index in [4.69, 9.17) is 0 Å². The first-order chi connectivity index (χ1) is 10.9. The van der Waals surface area contributed by atoms with Crippen LogP contribution in [0.4, 0.5) is 0 Å². The largest absolute Gasteiger partial charge is 0.148 e. The Hall–Kier alpha value is -0.903. The normalized spacial score (nSPS) is 23.7. The minimum absolute atomic E-state index is 0.679. The van der Waals surface area contributed by atoms with E-state index < -0.39 is 8.07 Å². The van der Waals surface area contributed by atoms with E-state index in [1.807, 2.05) is 22.7 Å². The molecule has 0 spiro atoms. The standard InChI is InChI=1S/C20H24S2Si/c1-11-13(3)19(17-15(11)7-9-21-17)23(5,6)20-14(4)12(2)16-8-10-22-18(16)20/h7-10,19-20H,1-6H3. The molecule has 0 radical (unpaired) electrons. The molecule has 3 heteroatoms. The van der Waals surface area contributed by atoms with Gasteiger partial charge in [-0.1, -0.05) is 24.2 Å². The third-order valence-corrected chi connectivity index (χ3v) is 13.1. The molecule has 0 amide bonds. The van der Waals surface area contributed by atoms with Crippen LogP contribution in [0.3, 0.4) is 0 Å². The molecular formula is C20H24S2Si. The van der Waals surface area contributed by atoms with E-state index >= 15 is 0 Å². The number of thiophene rings is 2. The molecule has 0 N–H and O–H groups in total. The third-order valence-electron chi connectivity index (χ3n) is 6.26. The molecule has 2 heterocycles. The van der Waals surface area contributed by atoms with Gasteiger partial charge >= 0.3 is 0 Å². The zero-order valence-electron chi connectivity index (χ0n) is 14.8. The van der Waals surface area contributed by atoms with Gasteiger partial charge in [0.1, 0.15) is 0 Å². The summed E-state index contributed by atoms with van der Waals surface area (Å²) in [7, 11) is -1.57. The Morgan fingerprint density at radius 1 is 0.739 bits per heavy atom. The molecule has 2 aliphatic rings. The first kappa shape index (κ1) is 15.6. The highest BCUT2D eigenvalue weighted by molar-refractivity contribution is 7.12. The van der Waals surface area contributed by atoms with Gasteiger partial charge in [0.05, 0.1) is 8.07 Å². The maximum absolute atomic E-state index is 2.62. The van der Waals surface area contributed by atoms with E-state index in [2.05, 4.69) is 63.7 Å². The van der Waals surface area contributed by atoms with Crippen molar-refractivity contribution in [1.29, 1.82) is 0 Å². The van der Waals surface area contributed by atoms with Crippen LogP contribution >= 0.6 is 22.7 Å². The van der Waals surface area contributed by atoms with Crippen LogP contribution in [-0.4, -0.2) is 8.07 Å². The molecule has 120 valence electrons. The lowest BCUT2D eigenvalue weighted by Crippen LogP contribution is -2.41. The predicted octanol–water partition coefficient (Wildman–Crippen LogP) is 7.08. The second kappa shape index (κ2) is 5.04. The van der Waals surface area contributed by atoms with E-state index in [9.17, 15) is 0 Å². The second-order valence-corrected chi connectivity index (χ2v) is 14.4. The van der Waals surface area contributed by atoms with Crippen LogP contribution in [0.5, 0.6) is 0 Å². The first-order valence-corrected chi connectivity index (χ1v) is 13.3. The van der Waals surface area contributed by atoms with E-state index in [1.54, 1.807) is 20.9 Å².